The standard InChI is InChI=1S/C9H16N2O3S/c1-2-15(13,14)11-4-3-9(7-11)5-8(12)10-6-9/h2-7H2,1H3,(H,10,12). The predicted octanol–water partition coefficient (Wildman–Crippen LogP) is -0.452. The molecule has 2 aliphatic rings. The summed E-state index contributed by atoms with van der Waals surface area (Å²) in [5, 5.41) is 2.78. The lowest BCUT2D eigenvalue weighted by Gasteiger charge is -2.21. The van der Waals surface area contributed by atoms with Crippen molar-refractivity contribution >= 4 is 15.9 Å². The van der Waals surface area contributed by atoms with Crippen LogP contribution in [0.2, 0.25) is 0 Å². The van der Waals surface area contributed by atoms with Crippen LogP contribution in [0, 0.1) is 5.41 Å². The van der Waals surface area contributed by atoms with Gasteiger partial charge in [0.2, 0.25) is 15.9 Å². The second-order valence-corrected chi connectivity index (χ2v) is 6.70. The van der Waals surface area contributed by atoms with Crippen molar-refractivity contribution < 1.29 is 13.2 Å². The maximum Gasteiger partial charge on any atom is 0.220 e. The molecule has 5 nitrogen and oxygen atoms in total. The van der Waals surface area contributed by atoms with E-state index < -0.39 is 10.0 Å². The van der Waals surface area contributed by atoms with Crippen molar-refractivity contribution in [2.75, 3.05) is 25.4 Å². The summed E-state index contributed by atoms with van der Waals surface area (Å²) in [7, 11) is -3.08. The molecule has 1 amide bonds. The highest BCUT2D eigenvalue weighted by Gasteiger charge is 2.46. The van der Waals surface area contributed by atoms with Crippen molar-refractivity contribution in [2.24, 2.45) is 5.41 Å². The van der Waals surface area contributed by atoms with Gasteiger partial charge in [-0.1, -0.05) is 0 Å². The molecule has 1 spiro atoms. The molecule has 2 fully saturated rings. The molecule has 0 aliphatic carbocycles. The maximum absolute atomic E-state index is 11.6. The molecular formula is C9H16N2O3S. The van der Waals surface area contributed by atoms with Gasteiger partial charge in [-0.3, -0.25) is 4.79 Å². The van der Waals surface area contributed by atoms with Crippen LogP contribution < -0.4 is 5.32 Å². The van der Waals surface area contributed by atoms with E-state index in [-0.39, 0.29) is 17.1 Å². The normalized spacial score (nSPS) is 32.5. The Labute approximate surface area is 89.9 Å². The number of carbonyl (C=O) groups excluding carboxylic acids is 1. The fourth-order valence-corrected chi connectivity index (χ4v) is 3.56. The SMILES string of the molecule is CCS(=O)(=O)N1CCC2(CNC(=O)C2)C1. The summed E-state index contributed by atoms with van der Waals surface area (Å²) in [6.45, 7) is 3.34. The number of amides is 1. The van der Waals surface area contributed by atoms with Crippen LogP contribution in [0.15, 0.2) is 0 Å². The third-order valence-corrected chi connectivity index (χ3v) is 5.19. The van der Waals surface area contributed by atoms with E-state index in [4.69, 9.17) is 0 Å². The summed E-state index contributed by atoms with van der Waals surface area (Å²) < 4.78 is 24.8. The molecule has 15 heavy (non-hydrogen) atoms. The Bertz CT molecular complexity index is 379. The van der Waals surface area contributed by atoms with Gasteiger partial charge in [0.05, 0.1) is 5.75 Å². The third kappa shape index (κ3) is 1.88. The summed E-state index contributed by atoms with van der Waals surface area (Å²) in [6.07, 6.45) is 1.27. The van der Waals surface area contributed by atoms with Crippen LogP contribution in [0.25, 0.3) is 0 Å². The number of nitrogens with one attached hydrogen (secondary N) is 1. The molecule has 1 N–H and O–H groups in total. The molecular weight excluding hydrogens is 216 g/mol. The Hall–Kier alpha value is -0.620. The minimum absolute atomic E-state index is 0.0470. The van der Waals surface area contributed by atoms with Crippen LogP contribution in [-0.4, -0.2) is 44.0 Å². The number of nitrogens with zero attached hydrogens (tertiary/aromatic N) is 1. The van der Waals surface area contributed by atoms with E-state index in [0.29, 0.717) is 26.1 Å². The van der Waals surface area contributed by atoms with E-state index in [1.54, 1.807) is 6.92 Å². The third-order valence-electron chi connectivity index (χ3n) is 3.36. The fourth-order valence-electron chi connectivity index (χ4n) is 2.35. The quantitative estimate of drug-likeness (QED) is 0.701. The van der Waals surface area contributed by atoms with Crippen molar-refractivity contribution in [3.63, 3.8) is 0 Å². The lowest BCUT2D eigenvalue weighted by Crippen LogP contribution is -2.34. The van der Waals surface area contributed by atoms with E-state index in [1.807, 2.05) is 0 Å². The molecule has 2 aliphatic heterocycles. The zero-order valence-corrected chi connectivity index (χ0v) is 9.64. The van der Waals surface area contributed by atoms with Crippen LogP contribution in [0.5, 0.6) is 0 Å². The summed E-state index contributed by atoms with van der Waals surface area (Å²) in [5.41, 5.74) is -0.126. The Morgan fingerprint density at radius 1 is 1.53 bits per heavy atom. The van der Waals surface area contributed by atoms with E-state index >= 15 is 0 Å². The second-order valence-electron chi connectivity index (χ2n) is 4.44. The van der Waals surface area contributed by atoms with E-state index in [0.717, 1.165) is 6.42 Å². The van der Waals surface area contributed by atoms with Gasteiger partial charge in [-0.15, -0.1) is 0 Å². The Morgan fingerprint density at radius 3 is 2.80 bits per heavy atom. The largest absolute Gasteiger partial charge is 0.355 e. The van der Waals surface area contributed by atoms with Crippen molar-refractivity contribution in [1.29, 1.82) is 0 Å². The Balaban J connectivity index is 2.10. The average Bonchev–Trinajstić information content (AvgIpc) is 2.75. The number of hydrogen-bond donors (Lipinski definition) is 1. The highest BCUT2D eigenvalue weighted by Crippen LogP contribution is 2.37. The van der Waals surface area contributed by atoms with Crippen LogP contribution in [0.3, 0.4) is 0 Å². The summed E-state index contributed by atoms with van der Waals surface area (Å²) in [5.74, 6) is 0.190. The van der Waals surface area contributed by atoms with E-state index in [2.05, 4.69) is 5.32 Å². The molecule has 2 saturated heterocycles. The van der Waals surface area contributed by atoms with Crippen molar-refractivity contribution in [3.05, 3.63) is 0 Å². The highest BCUT2D eigenvalue weighted by molar-refractivity contribution is 7.89. The van der Waals surface area contributed by atoms with Gasteiger partial charge in [-0.25, -0.2) is 12.7 Å². The Morgan fingerprint density at radius 2 is 2.27 bits per heavy atom. The highest BCUT2D eigenvalue weighted by atomic mass is 32.2. The van der Waals surface area contributed by atoms with Gasteiger partial charge in [-0.05, 0) is 13.3 Å². The zero-order valence-electron chi connectivity index (χ0n) is 8.82. The van der Waals surface area contributed by atoms with Gasteiger partial charge in [0.1, 0.15) is 0 Å². The number of hydrogen-bond acceptors (Lipinski definition) is 3. The van der Waals surface area contributed by atoms with E-state index in [9.17, 15) is 13.2 Å². The van der Waals surface area contributed by atoms with Gasteiger partial charge in [0, 0.05) is 31.5 Å². The van der Waals surface area contributed by atoms with Crippen LogP contribution in [-0.2, 0) is 14.8 Å². The molecule has 0 aromatic carbocycles. The lowest BCUT2D eigenvalue weighted by molar-refractivity contribution is -0.119. The van der Waals surface area contributed by atoms with Crippen LogP contribution in [0.4, 0.5) is 0 Å². The molecule has 0 aromatic rings. The first-order valence-corrected chi connectivity index (χ1v) is 6.83. The fraction of sp³-hybridized carbons (Fsp3) is 0.889. The molecule has 1 unspecified atom stereocenters. The second kappa shape index (κ2) is 3.45. The monoisotopic (exact) mass is 232 g/mol. The number of rotatable bonds is 2. The first kappa shape index (κ1) is 10.9. The van der Waals surface area contributed by atoms with E-state index in [1.165, 1.54) is 4.31 Å². The number of sulfonamides is 1. The Kier molecular flexibility index (Phi) is 2.50. The van der Waals surface area contributed by atoms with Crippen molar-refractivity contribution in [3.8, 4) is 0 Å². The molecule has 0 saturated carbocycles. The maximum atomic E-state index is 11.6. The van der Waals surface area contributed by atoms with Gasteiger partial charge in [0.15, 0.2) is 0 Å². The summed E-state index contributed by atoms with van der Waals surface area (Å²) >= 11 is 0. The molecule has 0 aromatic heterocycles. The average molecular weight is 232 g/mol. The first-order chi connectivity index (χ1) is 6.97. The van der Waals surface area contributed by atoms with Crippen LogP contribution >= 0.6 is 0 Å². The molecule has 0 radical (unpaired) electrons. The summed E-state index contributed by atoms with van der Waals surface area (Å²) in [6, 6.07) is 0. The molecule has 1 atom stereocenters. The lowest BCUT2D eigenvalue weighted by atomic mass is 9.86. The van der Waals surface area contributed by atoms with Gasteiger partial charge >= 0.3 is 0 Å². The first-order valence-electron chi connectivity index (χ1n) is 5.22. The molecule has 2 rings (SSSR count). The van der Waals surface area contributed by atoms with Crippen molar-refractivity contribution in [2.45, 2.75) is 19.8 Å². The predicted molar refractivity (Wildman–Crippen MR) is 55.7 cm³/mol. The zero-order chi connectivity index (χ0) is 11.1. The van der Waals surface area contributed by atoms with Gasteiger partial charge < -0.3 is 5.32 Å². The number of carbonyl (C=O) groups is 1. The minimum Gasteiger partial charge on any atom is -0.355 e. The van der Waals surface area contributed by atoms with Gasteiger partial charge in [-0.2, -0.15) is 0 Å². The molecule has 6 heteroatoms. The van der Waals surface area contributed by atoms with Gasteiger partial charge in [0.25, 0.3) is 0 Å². The molecule has 86 valence electrons. The molecule has 2 heterocycles. The topological polar surface area (TPSA) is 66.5 Å². The minimum atomic E-state index is -3.08. The summed E-state index contributed by atoms with van der Waals surface area (Å²) in [4.78, 5) is 11.2. The smallest absolute Gasteiger partial charge is 0.220 e. The van der Waals surface area contributed by atoms with Crippen molar-refractivity contribution in [1.82, 2.24) is 9.62 Å². The molecule has 0 bridgehead atoms. The van der Waals surface area contributed by atoms with Crippen LogP contribution in [0.1, 0.15) is 19.8 Å².